The lowest BCUT2D eigenvalue weighted by Gasteiger charge is -2.41. The SMILES string of the molecule is CNCc1ccccc1CN(CC(=O)Nc1ccc2c(c1)C[C@@]1(C2)C(=O)Nc2ncccc21)C(=O)C1(C)CCN(C(=O)N(C)C)CC1. The number of hydrogen-bond acceptors (Lipinski definition) is 6. The van der Waals surface area contributed by atoms with Gasteiger partial charge in [0.25, 0.3) is 0 Å². The lowest BCUT2D eigenvalue weighted by atomic mass is 9.79. The lowest BCUT2D eigenvalue weighted by Crippen LogP contribution is -2.52. The van der Waals surface area contributed by atoms with Crippen molar-refractivity contribution < 1.29 is 19.2 Å². The maximum absolute atomic E-state index is 14.3. The molecule has 0 bridgehead atoms. The van der Waals surface area contributed by atoms with Crippen LogP contribution in [0.3, 0.4) is 0 Å². The summed E-state index contributed by atoms with van der Waals surface area (Å²) in [5, 5.41) is 9.15. The Morgan fingerprint density at radius 3 is 2.43 bits per heavy atom. The monoisotopic (exact) mass is 637 g/mol. The maximum atomic E-state index is 14.3. The second-order valence-corrected chi connectivity index (χ2v) is 13.5. The Morgan fingerprint density at radius 1 is 0.979 bits per heavy atom. The minimum Gasteiger partial charge on any atom is -0.331 e. The number of anilines is 2. The Hall–Kier alpha value is -4.77. The molecule has 1 saturated heterocycles. The van der Waals surface area contributed by atoms with Crippen LogP contribution in [0.4, 0.5) is 16.3 Å². The number of likely N-dealkylation sites (tertiary alicyclic amines) is 1. The minimum atomic E-state index is -0.712. The van der Waals surface area contributed by atoms with Gasteiger partial charge in [0.2, 0.25) is 17.7 Å². The van der Waals surface area contributed by atoms with Crippen molar-refractivity contribution in [2.24, 2.45) is 5.41 Å². The van der Waals surface area contributed by atoms with Gasteiger partial charge < -0.3 is 30.7 Å². The standard InChI is InChI=1S/C36H43N7O4/c1-35(13-16-42(17-14-35)34(47)41(3)4)33(46)43(22-26-9-6-5-8-25(26)21-37-2)23-30(44)39-28-12-11-24-19-36(20-27(24)18-28)29-10-7-15-38-31(29)40-32(36)45/h5-12,15,18,37H,13-14,16-17,19-23H2,1-4H3,(H,39,44)(H,38,40,45)/t36-/m1/s1. The van der Waals surface area contributed by atoms with Crippen LogP contribution in [0.5, 0.6) is 0 Å². The second kappa shape index (κ2) is 12.8. The van der Waals surface area contributed by atoms with E-state index in [1.165, 1.54) is 0 Å². The van der Waals surface area contributed by atoms with Gasteiger partial charge in [0.15, 0.2) is 0 Å². The number of amides is 5. The molecule has 3 aromatic rings. The van der Waals surface area contributed by atoms with Gasteiger partial charge in [0.05, 0.1) is 5.41 Å². The molecule has 0 unspecified atom stereocenters. The number of carbonyl (C=O) groups is 4. The van der Waals surface area contributed by atoms with E-state index >= 15 is 0 Å². The van der Waals surface area contributed by atoms with Crippen LogP contribution in [0.25, 0.3) is 0 Å². The van der Waals surface area contributed by atoms with Gasteiger partial charge in [-0.1, -0.05) is 43.3 Å². The van der Waals surface area contributed by atoms with Gasteiger partial charge in [0, 0.05) is 63.1 Å². The first kappa shape index (κ1) is 32.2. The summed E-state index contributed by atoms with van der Waals surface area (Å²) < 4.78 is 0. The van der Waals surface area contributed by atoms with Gasteiger partial charge in [-0.2, -0.15) is 0 Å². The van der Waals surface area contributed by atoms with E-state index in [1.54, 1.807) is 35.0 Å². The van der Waals surface area contributed by atoms with E-state index in [0.29, 0.717) is 56.8 Å². The summed E-state index contributed by atoms with van der Waals surface area (Å²) in [4.78, 5) is 63.0. The zero-order valence-corrected chi connectivity index (χ0v) is 27.6. The highest BCUT2D eigenvalue weighted by atomic mass is 16.2. The Balaban J connectivity index is 1.19. The summed E-state index contributed by atoms with van der Waals surface area (Å²) in [6.45, 7) is 3.70. The van der Waals surface area contributed by atoms with E-state index in [0.717, 1.165) is 27.8 Å². The quantitative estimate of drug-likeness (QED) is 0.347. The molecule has 11 nitrogen and oxygen atoms in total. The largest absolute Gasteiger partial charge is 0.331 e. The van der Waals surface area contributed by atoms with Crippen molar-refractivity contribution in [2.45, 2.75) is 51.1 Å². The molecular weight excluding hydrogens is 594 g/mol. The Morgan fingerprint density at radius 2 is 1.70 bits per heavy atom. The normalized spacial score (nSPS) is 19.1. The third kappa shape index (κ3) is 6.19. The first-order valence-electron chi connectivity index (χ1n) is 16.2. The summed E-state index contributed by atoms with van der Waals surface area (Å²) in [5.41, 5.74) is 4.24. The smallest absolute Gasteiger partial charge is 0.319 e. The third-order valence-corrected chi connectivity index (χ3v) is 9.97. The molecule has 0 saturated carbocycles. The molecule has 1 aromatic heterocycles. The van der Waals surface area contributed by atoms with Crippen LogP contribution in [0.15, 0.2) is 60.8 Å². The molecule has 3 heterocycles. The summed E-state index contributed by atoms with van der Waals surface area (Å²) in [6, 6.07) is 17.5. The van der Waals surface area contributed by atoms with E-state index < -0.39 is 10.8 Å². The van der Waals surface area contributed by atoms with Crippen LogP contribution >= 0.6 is 0 Å². The average molecular weight is 638 g/mol. The van der Waals surface area contributed by atoms with Crippen LogP contribution in [0.2, 0.25) is 0 Å². The van der Waals surface area contributed by atoms with Gasteiger partial charge in [-0.3, -0.25) is 14.4 Å². The zero-order chi connectivity index (χ0) is 33.3. The molecular formula is C36H43N7O4. The molecule has 1 spiro atoms. The topological polar surface area (TPSA) is 127 Å². The summed E-state index contributed by atoms with van der Waals surface area (Å²) in [6.07, 6.45) is 3.80. The summed E-state index contributed by atoms with van der Waals surface area (Å²) in [7, 11) is 5.33. The molecule has 1 aliphatic carbocycles. The van der Waals surface area contributed by atoms with Crippen LogP contribution < -0.4 is 16.0 Å². The highest BCUT2D eigenvalue weighted by Gasteiger charge is 2.51. The van der Waals surface area contributed by atoms with E-state index in [-0.39, 0.29) is 36.8 Å². The molecule has 1 atom stereocenters. The fourth-order valence-corrected chi connectivity index (χ4v) is 7.27. The number of benzene rings is 2. The molecule has 5 amide bonds. The Labute approximate surface area is 275 Å². The molecule has 0 radical (unpaired) electrons. The van der Waals surface area contributed by atoms with Gasteiger partial charge in [-0.05, 0) is 73.2 Å². The molecule has 3 aliphatic rings. The van der Waals surface area contributed by atoms with Crippen molar-refractivity contribution in [3.05, 3.63) is 88.6 Å². The molecule has 11 heteroatoms. The molecule has 2 aromatic carbocycles. The molecule has 47 heavy (non-hydrogen) atoms. The average Bonchev–Trinajstić information content (AvgIpc) is 3.57. The zero-order valence-electron chi connectivity index (χ0n) is 27.6. The number of nitrogens with one attached hydrogen (secondary N) is 3. The van der Waals surface area contributed by atoms with Gasteiger partial charge in [-0.15, -0.1) is 0 Å². The fourth-order valence-electron chi connectivity index (χ4n) is 7.27. The number of urea groups is 1. The number of nitrogens with zero attached hydrogens (tertiary/aromatic N) is 4. The van der Waals surface area contributed by atoms with Crippen LogP contribution in [0, 0.1) is 5.41 Å². The van der Waals surface area contributed by atoms with Crippen LogP contribution in [-0.2, 0) is 45.7 Å². The van der Waals surface area contributed by atoms with Crippen molar-refractivity contribution in [1.29, 1.82) is 0 Å². The highest BCUT2D eigenvalue weighted by molar-refractivity contribution is 6.06. The van der Waals surface area contributed by atoms with Gasteiger partial charge >= 0.3 is 6.03 Å². The number of fused-ring (bicyclic) bond motifs is 3. The first-order chi connectivity index (χ1) is 22.5. The Bertz CT molecular complexity index is 1710. The van der Waals surface area contributed by atoms with Crippen molar-refractivity contribution in [1.82, 2.24) is 25.0 Å². The van der Waals surface area contributed by atoms with E-state index in [2.05, 4.69) is 20.9 Å². The third-order valence-electron chi connectivity index (χ3n) is 9.97. The molecule has 246 valence electrons. The number of carbonyl (C=O) groups excluding carboxylic acids is 4. The fraction of sp³-hybridized carbons (Fsp3) is 0.417. The predicted molar refractivity (Wildman–Crippen MR) is 180 cm³/mol. The first-order valence-corrected chi connectivity index (χ1v) is 16.2. The lowest BCUT2D eigenvalue weighted by molar-refractivity contribution is -0.146. The molecule has 6 rings (SSSR count). The second-order valence-electron chi connectivity index (χ2n) is 13.5. The van der Waals surface area contributed by atoms with Gasteiger partial charge in [-0.25, -0.2) is 9.78 Å². The number of rotatable bonds is 8. The van der Waals surface area contributed by atoms with Gasteiger partial charge in [0.1, 0.15) is 12.4 Å². The Kier molecular flexibility index (Phi) is 8.76. The molecule has 3 N–H and O–H groups in total. The van der Waals surface area contributed by atoms with Crippen molar-refractivity contribution in [3.8, 4) is 0 Å². The summed E-state index contributed by atoms with van der Waals surface area (Å²) >= 11 is 0. The van der Waals surface area contributed by atoms with Crippen LogP contribution in [-0.4, -0.2) is 84.2 Å². The molecule has 2 aliphatic heterocycles. The number of piperidine rings is 1. The van der Waals surface area contributed by atoms with E-state index in [1.807, 2.05) is 68.6 Å². The number of pyridine rings is 1. The number of hydrogen-bond donors (Lipinski definition) is 3. The highest BCUT2D eigenvalue weighted by Crippen LogP contribution is 2.47. The van der Waals surface area contributed by atoms with E-state index in [4.69, 9.17) is 0 Å². The van der Waals surface area contributed by atoms with E-state index in [9.17, 15) is 19.2 Å². The minimum absolute atomic E-state index is 0.0499. The number of aromatic nitrogens is 1. The van der Waals surface area contributed by atoms with Crippen molar-refractivity contribution >= 4 is 35.3 Å². The molecule has 1 fully saturated rings. The summed E-state index contributed by atoms with van der Waals surface area (Å²) in [5.74, 6) is 0.169. The van der Waals surface area contributed by atoms with Crippen molar-refractivity contribution in [2.75, 3.05) is 51.4 Å². The van der Waals surface area contributed by atoms with Crippen molar-refractivity contribution in [3.63, 3.8) is 0 Å². The predicted octanol–water partition coefficient (Wildman–Crippen LogP) is 3.54. The van der Waals surface area contributed by atoms with Crippen LogP contribution in [0.1, 0.15) is 47.6 Å². The maximum Gasteiger partial charge on any atom is 0.319 e.